The van der Waals surface area contributed by atoms with Crippen molar-refractivity contribution in [2.75, 3.05) is 7.11 Å². The van der Waals surface area contributed by atoms with E-state index in [-0.39, 0.29) is 11.5 Å². The van der Waals surface area contributed by atoms with Gasteiger partial charge in [0.05, 0.1) is 6.10 Å². The van der Waals surface area contributed by atoms with Crippen LogP contribution in [0.15, 0.2) is 24.4 Å². The first-order valence-electron chi connectivity index (χ1n) is 6.55. The van der Waals surface area contributed by atoms with Crippen molar-refractivity contribution in [1.82, 2.24) is 4.98 Å². The highest BCUT2D eigenvalue weighted by Crippen LogP contribution is 2.28. The summed E-state index contributed by atoms with van der Waals surface area (Å²) in [7, 11) is 1.76. The summed E-state index contributed by atoms with van der Waals surface area (Å²) in [6.45, 7) is 8.85. The quantitative estimate of drug-likeness (QED) is 0.867. The van der Waals surface area contributed by atoms with Gasteiger partial charge in [-0.15, -0.1) is 0 Å². The number of nitrogens with one attached hydrogen (secondary N) is 1. The molecule has 98 valence electrons. The van der Waals surface area contributed by atoms with Crippen LogP contribution < -0.4 is 0 Å². The van der Waals surface area contributed by atoms with Gasteiger partial charge in [-0.25, -0.2) is 0 Å². The van der Waals surface area contributed by atoms with Gasteiger partial charge in [-0.1, -0.05) is 26.8 Å². The number of hydrogen-bond acceptors (Lipinski definition) is 1. The third kappa shape index (κ3) is 2.59. The zero-order chi connectivity index (χ0) is 13.3. The third-order valence-electron chi connectivity index (χ3n) is 3.54. The molecule has 2 rings (SSSR count). The lowest BCUT2D eigenvalue weighted by Crippen LogP contribution is -2.11. The largest absolute Gasteiger partial charge is 0.381 e. The number of methoxy groups -OCH3 is 1. The van der Waals surface area contributed by atoms with E-state index in [1.807, 2.05) is 0 Å². The van der Waals surface area contributed by atoms with E-state index in [0.29, 0.717) is 0 Å². The number of aromatic amines is 1. The van der Waals surface area contributed by atoms with E-state index in [4.69, 9.17) is 4.74 Å². The lowest BCUT2D eigenvalue weighted by atomic mass is 9.86. The van der Waals surface area contributed by atoms with Crippen LogP contribution >= 0.6 is 0 Å². The van der Waals surface area contributed by atoms with Crippen LogP contribution in [0.5, 0.6) is 0 Å². The maximum atomic E-state index is 5.36. The van der Waals surface area contributed by atoms with Crippen LogP contribution in [0.3, 0.4) is 0 Å². The molecule has 2 heteroatoms. The summed E-state index contributed by atoms with van der Waals surface area (Å²) in [4.78, 5) is 3.34. The first-order valence-corrected chi connectivity index (χ1v) is 6.55. The second-order valence-electron chi connectivity index (χ2n) is 6.07. The van der Waals surface area contributed by atoms with Crippen LogP contribution in [-0.4, -0.2) is 18.2 Å². The molecule has 0 aliphatic rings. The molecule has 0 fully saturated rings. The third-order valence-corrected chi connectivity index (χ3v) is 3.54. The minimum absolute atomic E-state index is 0.190. The van der Waals surface area contributed by atoms with Crippen molar-refractivity contribution in [2.45, 2.75) is 45.6 Å². The molecule has 2 nitrogen and oxygen atoms in total. The molecule has 0 radical (unpaired) electrons. The highest BCUT2D eigenvalue weighted by Gasteiger charge is 2.15. The predicted octanol–water partition coefficient (Wildman–Crippen LogP) is 4.04. The van der Waals surface area contributed by atoms with Gasteiger partial charge in [0.15, 0.2) is 0 Å². The molecule has 2 aromatic rings. The summed E-state index contributed by atoms with van der Waals surface area (Å²) >= 11 is 0. The number of H-pyrrole nitrogens is 1. The Labute approximate surface area is 109 Å². The Morgan fingerprint density at radius 3 is 2.61 bits per heavy atom. The summed E-state index contributed by atoms with van der Waals surface area (Å²) in [6.07, 6.45) is 3.30. The number of ether oxygens (including phenoxy) is 1. The maximum Gasteiger partial charge on any atom is 0.0584 e. The fourth-order valence-corrected chi connectivity index (χ4v) is 2.21. The topological polar surface area (TPSA) is 25.0 Å². The molecule has 1 aromatic heterocycles. The molecule has 1 N–H and O–H groups in total. The van der Waals surface area contributed by atoms with Gasteiger partial charge in [0, 0.05) is 30.6 Å². The van der Waals surface area contributed by atoms with E-state index in [1.54, 1.807) is 7.11 Å². The summed E-state index contributed by atoms with van der Waals surface area (Å²) in [6, 6.07) is 6.70. The molecule has 1 heterocycles. The van der Waals surface area contributed by atoms with Crippen LogP contribution in [0.25, 0.3) is 10.9 Å². The highest BCUT2D eigenvalue weighted by molar-refractivity contribution is 5.84. The van der Waals surface area contributed by atoms with Crippen molar-refractivity contribution in [3.8, 4) is 0 Å². The predicted molar refractivity (Wildman–Crippen MR) is 77.2 cm³/mol. The molecule has 0 amide bonds. The number of hydrogen-bond donors (Lipinski definition) is 1. The van der Waals surface area contributed by atoms with Gasteiger partial charge in [-0.3, -0.25) is 0 Å². The molecule has 0 aliphatic heterocycles. The van der Waals surface area contributed by atoms with E-state index in [1.165, 1.54) is 22.0 Å². The van der Waals surface area contributed by atoms with Crippen molar-refractivity contribution in [3.63, 3.8) is 0 Å². The second kappa shape index (κ2) is 4.77. The Bertz CT molecular complexity index is 534. The molecule has 0 aliphatic carbocycles. The van der Waals surface area contributed by atoms with Gasteiger partial charge in [0.25, 0.3) is 0 Å². The normalized spacial score (nSPS) is 14.1. The van der Waals surface area contributed by atoms with E-state index < -0.39 is 0 Å². The molecule has 1 atom stereocenters. The van der Waals surface area contributed by atoms with E-state index in [2.05, 4.69) is 57.1 Å². The molecule has 18 heavy (non-hydrogen) atoms. The zero-order valence-electron chi connectivity index (χ0n) is 12.0. The first kappa shape index (κ1) is 13.2. The molecule has 1 unspecified atom stereocenters. The van der Waals surface area contributed by atoms with Crippen LogP contribution in [0.1, 0.15) is 38.8 Å². The number of benzene rings is 1. The molecule has 0 bridgehead atoms. The van der Waals surface area contributed by atoms with Crippen LogP contribution in [0, 0.1) is 0 Å². The van der Waals surface area contributed by atoms with Crippen LogP contribution in [0.2, 0.25) is 0 Å². The minimum atomic E-state index is 0.190. The van der Waals surface area contributed by atoms with Crippen molar-refractivity contribution in [2.24, 2.45) is 0 Å². The summed E-state index contributed by atoms with van der Waals surface area (Å²) < 4.78 is 5.36. The SMILES string of the molecule is COC(C)Cc1c[nH]c2ccc(C(C)(C)C)cc12. The average molecular weight is 245 g/mol. The number of rotatable bonds is 3. The van der Waals surface area contributed by atoms with E-state index in [0.717, 1.165) is 6.42 Å². The Balaban J connectivity index is 2.43. The Morgan fingerprint density at radius 1 is 1.28 bits per heavy atom. The lowest BCUT2D eigenvalue weighted by Gasteiger charge is -2.19. The lowest BCUT2D eigenvalue weighted by molar-refractivity contribution is 0.119. The molecule has 0 saturated carbocycles. The number of aromatic nitrogens is 1. The van der Waals surface area contributed by atoms with E-state index >= 15 is 0 Å². The monoisotopic (exact) mass is 245 g/mol. The smallest absolute Gasteiger partial charge is 0.0584 e. The van der Waals surface area contributed by atoms with Crippen LogP contribution in [-0.2, 0) is 16.6 Å². The van der Waals surface area contributed by atoms with Crippen molar-refractivity contribution >= 4 is 10.9 Å². The van der Waals surface area contributed by atoms with Gasteiger partial charge in [-0.2, -0.15) is 0 Å². The minimum Gasteiger partial charge on any atom is -0.381 e. The Hall–Kier alpha value is -1.28. The zero-order valence-corrected chi connectivity index (χ0v) is 12.0. The Kier molecular flexibility index (Phi) is 3.49. The first-order chi connectivity index (χ1) is 8.41. The summed E-state index contributed by atoms with van der Waals surface area (Å²) in [5.41, 5.74) is 4.11. The highest BCUT2D eigenvalue weighted by atomic mass is 16.5. The molecule has 0 spiro atoms. The second-order valence-corrected chi connectivity index (χ2v) is 6.07. The Morgan fingerprint density at radius 2 is 2.00 bits per heavy atom. The molecule has 1 aromatic carbocycles. The summed E-state index contributed by atoms with van der Waals surface area (Å²) in [5, 5.41) is 1.33. The molecular weight excluding hydrogens is 222 g/mol. The molecular formula is C16H23NO. The van der Waals surface area contributed by atoms with Crippen molar-refractivity contribution in [3.05, 3.63) is 35.5 Å². The summed E-state index contributed by atoms with van der Waals surface area (Å²) in [5.74, 6) is 0. The maximum absolute atomic E-state index is 5.36. The van der Waals surface area contributed by atoms with Crippen LogP contribution in [0.4, 0.5) is 0 Å². The molecule has 0 saturated heterocycles. The average Bonchev–Trinajstić information content (AvgIpc) is 2.70. The van der Waals surface area contributed by atoms with E-state index in [9.17, 15) is 0 Å². The van der Waals surface area contributed by atoms with Gasteiger partial charge in [0.1, 0.15) is 0 Å². The van der Waals surface area contributed by atoms with Gasteiger partial charge in [-0.05, 0) is 35.6 Å². The van der Waals surface area contributed by atoms with Crippen molar-refractivity contribution < 1.29 is 4.74 Å². The van der Waals surface area contributed by atoms with Crippen molar-refractivity contribution in [1.29, 1.82) is 0 Å². The number of fused-ring (bicyclic) bond motifs is 1. The fraction of sp³-hybridized carbons (Fsp3) is 0.500. The van der Waals surface area contributed by atoms with Gasteiger partial charge < -0.3 is 9.72 Å². The van der Waals surface area contributed by atoms with Gasteiger partial charge >= 0.3 is 0 Å². The van der Waals surface area contributed by atoms with Gasteiger partial charge in [0.2, 0.25) is 0 Å². The fourth-order valence-electron chi connectivity index (χ4n) is 2.21. The standard InChI is InChI=1S/C16H23NO/c1-11(18-5)8-12-10-17-15-7-6-13(9-14(12)15)16(2,3)4/h6-7,9-11,17H,8H2,1-5H3.